The highest BCUT2D eigenvalue weighted by Crippen LogP contribution is 2.28. The maximum absolute atomic E-state index is 13.8. The third-order valence-corrected chi connectivity index (χ3v) is 4.08. The van der Waals surface area contributed by atoms with Crippen LogP contribution in [0.15, 0.2) is 72.9 Å². The smallest absolute Gasteiger partial charge is 0.254 e. The van der Waals surface area contributed by atoms with E-state index in [1.165, 1.54) is 17.0 Å². The minimum absolute atomic E-state index is 0.276. The lowest BCUT2D eigenvalue weighted by atomic mass is 10.00. The van der Waals surface area contributed by atoms with Gasteiger partial charge in [0.05, 0.1) is 23.4 Å². The summed E-state index contributed by atoms with van der Waals surface area (Å²) < 4.78 is 13.8. The number of halogens is 1. The van der Waals surface area contributed by atoms with Crippen molar-refractivity contribution >= 4 is 5.91 Å². The van der Waals surface area contributed by atoms with E-state index >= 15 is 0 Å². The molecule has 0 radical (unpaired) electrons. The number of hydrogen-bond donors (Lipinski definition) is 0. The topological polar surface area (TPSA) is 57.0 Å². The third kappa shape index (κ3) is 3.60. The molecule has 0 fully saturated rings. The molecule has 128 valence electrons. The van der Waals surface area contributed by atoms with Gasteiger partial charge in [0.2, 0.25) is 0 Å². The minimum Gasteiger partial charge on any atom is -0.329 e. The van der Waals surface area contributed by atoms with Gasteiger partial charge in [-0.2, -0.15) is 5.26 Å². The molecule has 0 N–H and O–H groups in total. The highest BCUT2D eigenvalue weighted by Gasteiger charge is 2.26. The highest BCUT2D eigenvalue weighted by molar-refractivity contribution is 5.94. The number of nitrogens with zero attached hydrogens (tertiary/aromatic N) is 3. The Morgan fingerprint density at radius 1 is 1.12 bits per heavy atom. The molecule has 1 atom stereocenters. The van der Waals surface area contributed by atoms with Gasteiger partial charge in [-0.3, -0.25) is 9.78 Å². The molecule has 0 aliphatic heterocycles. The molecule has 0 aliphatic rings. The van der Waals surface area contributed by atoms with Gasteiger partial charge in [-0.15, -0.1) is 0 Å². The first kappa shape index (κ1) is 17.3. The quantitative estimate of drug-likeness (QED) is 0.719. The van der Waals surface area contributed by atoms with Crippen LogP contribution in [0, 0.1) is 17.1 Å². The van der Waals surface area contributed by atoms with E-state index in [1.807, 2.05) is 12.1 Å². The van der Waals surface area contributed by atoms with Gasteiger partial charge >= 0.3 is 0 Å². The summed E-state index contributed by atoms with van der Waals surface area (Å²) in [4.78, 5) is 18.8. The van der Waals surface area contributed by atoms with Gasteiger partial charge in [0.1, 0.15) is 5.82 Å². The Morgan fingerprint density at radius 2 is 1.92 bits per heavy atom. The summed E-state index contributed by atoms with van der Waals surface area (Å²) in [5.41, 5.74) is 2.05. The third-order valence-electron chi connectivity index (χ3n) is 4.08. The molecule has 1 amide bonds. The van der Waals surface area contributed by atoms with E-state index in [2.05, 4.69) is 4.98 Å². The molecule has 0 aliphatic carbocycles. The molecule has 1 heterocycles. The van der Waals surface area contributed by atoms with Gasteiger partial charge in [0.15, 0.2) is 0 Å². The molecule has 26 heavy (non-hydrogen) atoms. The van der Waals surface area contributed by atoms with Crippen LogP contribution in [0.2, 0.25) is 0 Å². The van der Waals surface area contributed by atoms with E-state index in [1.54, 1.807) is 61.8 Å². The molecule has 0 bridgehead atoms. The number of carbonyl (C=O) groups is 1. The highest BCUT2D eigenvalue weighted by atomic mass is 19.1. The first-order chi connectivity index (χ1) is 12.6. The number of aromatic nitrogens is 1. The van der Waals surface area contributed by atoms with Crippen molar-refractivity contribution in [3.63, 3.8) is 0 Å². The monoisotopic (exact) mass is 345 g/mol. The zero-order chi connectivity index (χ0) is 18.5. The van der Waals surface area contributed by atoms with Crippen molar-refractivity contribution in [1.29, 1.82) is 5.26 Å². The predicted molar refractivity (Wildman–Crippen MR) is 95.7 cm³/mol. The van der Waals surface area contributed by atoms with Crippen LogP contribution in [0.4, 0.5) is 4.39 Å². The van der Waals surface area contributed by atoms with Crippen molar-refractivity contribution in [3.8, 4) is 6.07 Å². The first-order valence-corrected chi connectivity index (χ1v) is 8.04. The number of nitriles is 1. The maximum Gasteiger partial charge on any atom is 0.254 e. The lowest BCUT2D eigenvalue weighted by molar-refractivity contribution is 0.0752. The summed E-state index contributed by atoms with van der Waals surface area (Å²) in [6.45, 7) is 0. The van der Waals surface area contributed by atoms with Gasteiger partial charge in [0.25, 0.3) is 5.91 Å². The van der Waals surface area contributed by atoms with Crippen molar-refractivity contribution in [2.24, 2.45) is 0 Å². The number of pyridine rings is 1. The Balaban J connectivity index is 2.04. The standard InChI is InChI=1S/C21H16FN3O/c1-25(21(26)17-8-4-6-15(12-17)14-23)20(19-10-2-3-11-24-19)16-7-5-9-18(22)13-16/h2-13,20H,1H3/t20-/m0/s1. The Hall–Kier alpha value is -3.52. The largest absolute Gasteiger partial charge is 0.329 e. The van der Waals surface area contributed by atoms with Crippen molar-refractivity contribution in [2.45, 2.75) is 6.04 Å². The molecule has 3 aromatic rings. The van der Waals surface area contributed by atoms with Crippen molar-refractivity contribution < 1.29 is 9.18 Å². The second-order valence-corrected chi connectivity index (χ2v) is 5.82. The Labute approximate surface area is 151 Å². The van der Waals surface area contributed by atoms with Crippen molar-refractivity contribution in [1.82, 2.24) is 9.88 Å². The van der Waals surface area contributed by atoms with Crippen molar-refractivity contribution in [2.75, 3.05) is 7.05 Å². The van der Waals surface area contributed by atoms with Crippen molar-refractivity contribution in [3.05, 3.63) is 101 Å². The zero-order valence-corrected chi connectivity index (χ0v) is 14.1. The Kier molecular flexibility index (Phi) is 5.04. The molecule has 0 unspecified atom stereocenters. The summed E-state index contributed by atoms with van der Waals surface area (Å²) >= 11 is 0. The van der Waals surface area contributed by atoms with Crippen LogP contribution in [0.25, 0.3) is 0 Å². The molecule has 5 heteroatoms. The van der Waals surface area contributed by atoms with Crippen LogP contribution in [-0.4, -0.2) is 22.8 Å². The molecular formula is C21H16FN3O. The van der Waals surface area contributed by atoms with Crippen LogP contribution in [0.3, 0.4) is 0 Å². The zero-order valence-electron chi connectivity index (χ0n) is 14.1. The summed E-state index contributed by atoms with van der Waals surface area (Å²) in [5, 5.41) is 9.05. The SMILES string of the molecule is CN(C(=O)c1cccc(C#N)c1)[C@@H](c1cccc(F)c1)c1ccccn1. The fourth-order valence-corrected chi connectivity index (χ4v) is 2.85. The molecule has 0 spiro atoms. The van der Waals surface area contributed by atoms with Crippen LogP contribution in [0.1, 0.15) is 33.2 Å². The second kappa shape index (κ2) is 7.58. The normalized spacial score (nSPS) is 11.4. The minimum atomic E-state index is -0.551. The number of carbonyl (C=O) groups excluding carboxylic acids is 1. The summed E-state index contributed by atoms with van der Waals surface area (Å²) in [6, 6.07) is 19.5. The average Bonchev–Trinajstić information content (AvgIpc) is 2.68. The molecule has 4 nitrogen and oxygen atoms in total. The van der Waals surface area contributed by atoms with E-state index in [-0.39, 0.29) is 11.7 Å². The van der Waals surface area contributed by atoms with Crippen LogP contribution < -0.4 is 0 Å². The van der Waals surface area contributed by atoms with Crippen LogP contribution >= 0.6 is 0 Å². The molecule has 2 aromatic carbocycles. The lowest BCUT2D eigenvalue weighted by Gasteiger charge is -2.28. The maximum atomic E-state index is 13.8. The second-order valence-electron chi connectivity index (χ2n) is 5.82. The number of benzene rings is 2. The Morgan fingerprint density at radius 3 is 2.62 bits per heavy atom. The fourth-order valence-electron chi connectivity index (χ4n) is 2.85. The van der Waals surface area contributed by atoms with Gasteiger partial charge in [-0.1, -0.05) is 24.3 Å². The number of hydrogen-bond acceptors (Lipinski definition) is 3. The predicted octanol–water partition coefficient (Wildman–Crippen LogP) is 3.95. The van der Waals surface area contributed by atoms with Gasteiger partial charge < -0.3 is 4.90 Å². The number of amides is 1. The molecule has 0 saturated carbocycles. The molecule has 3 rings (SSSR count). The van der Waals surface area contributed by atoms with E-state index in [4.69, 9.17) is 5.26 Å². The molecule has 1 aromatic heterocycles. The van der Waals surface area contributed by atoms with Crippen LogP contribution in [0.5, 0.6) is 0 Å². The average molecular weight is 345 g/mol. The summed E-state index contributed by atoms with van der Waals surface area (Å²) in [6.07, 6.45) is 1.64. The van der Waals surface area contributed by atoms with E-state index in [0.29, 0.717) is 22.4 Å². The van der Waals surface area contributed by atoms with E-state index in [9.17, 15) is 9.18 Å². The first-order valence-electron chi connectivity index (χ1n) is 8.04. The summed E-state index contributed by atoms with van der Waals surface area (Å²) in [5.74, 6) is -0.655. The van der Waals surface area contributed by atoms with Gasteiger partial charge in [-0.25, -0.2) is 4.39 Å². The fraction of sp³-hybridized carbons (Fsp3) is 0.0952. The van der Waals surface area contributed by atoms with Crippen LogP contribution in [-0.2, 0) is 0 Å². The van der Waals surface area contributed by atoms with E-state index in [0.717, 1.165) is 0 Å². The van der Waals surface area contributed by atoms with Gasteiger partial charge in [0, 0.05) is 18.8 Å². The summed E-state index contributed by atoms with van der Waals surface area (Å²) in [7, 11) is 1.64. The van der Waals surface area contributed by atoms with E-state index < -0.39 is 6.04 Å². The number of rotatable bonds is 4. The Bertz CT molecular complexity index is 966. The van der Waals surface area contributed by atoms with Gasteiger partial charge in [-0.05, 0) is 48.0 Å². The molecule has 0 saturated heterocycles. The lowest BCUT2D eigenvalue weighted by Crippen LogP contribution is -2.32. The molecular weight excluding hydrogens is 329 g/mol.